The summed E-state index contributed by atoms with van der Waals surface area (Å²) in [5.74, 6) is -0.160. The highest BCUT2D eigenvalue weighted by Crippen LogP contribution is 2.17. The van der Waals surface area contributed by atoms with Gasteiger partial charge in [-0.05, 0) is 50.1 Å². The van der Waals surface area contributed by atoms with E-state index in [2.05, 4.69) is 15.6 Å². The van der Waals surface area contributed by atoms with Crippen LogP contribution in [0.2, 0.25) is 0 Å². The number of imidazole rings is 1. The van der Waals surface area contributed by atoms with Crippen molar-refractivity contribution in [3.8, 4) is 0 Å². The van der Waals surface area contributed by atoms with Gasteiger partial charge in [-0.1, -0.05) is 31.2 Å². The second-order valence-electron chi connectivity index (χ2n) is 7.01. The molecule has 28 heavy (non-hydrogen) atoms. The Balaban J connectivity index is 1.59. The van der Waals surface area contributed by atoms with Gasteiger partial charge in [0.15, 0.2) is 0 Å². The zero-order chi connectivity index (χ0) is 20.1. The van der Waals surface area contributed by atoms with Gasteiger partial charge in [0, 0.05) is 18.2 Å². The van der Waals surface area contributed by atoms with Crippen LogP contribution in [0.3, 0.4) is 0 Å². The van der Waals surface area contributed by atoms with Crippen molar-refractivity contribution in [1.29, 1.82) is 0 Å². The Morgan fingerprint density at radius 2 is 1.79 bits per heavy atom. The molecule has 2 N–H and O–H groups in total. The number of nitrogens with zero attached hydrogens (tertiary/aromatic N) is 2. The normalized spacial score (nSPS) is 13.1. The fourth-order valence-electron chi connectivity index (χ4n) is 2.93. The fourth-order valence-corrected chi connectivity index (χ4v) is 2.93. The van der Waals surface area contributed by atoms with Crippen LogP contribution < -0.4 is 10.6 Å². The molecule has 146 valence electrons. The number of hydrogen-bond donors (Lipinski definition) is 2. The van der Waals surface area contributed by atoms with Crippen LogP contribution in [0.1, 0.15) is 49.2 Å². The van der Waals surface area contributed by atoms with Crippen LogP contribution >= 0.6 is 0 Å². The van der Waals surface area contributed by atoms with Gasteiger partial charge in [0.2, 0.25) is 5.91 Å². The summed E-state index contributed by atoms with van der Waals surface area (Å²) in [6.45, 7) is 6.27. The second-order valence-corrected chi connectivity index (χ2v) is 7.01. The minimum atomic E-state index is -0.368. The van der Waals surface area contributed by atoms with Crippen molar-refractivity contribution in [3.05, 3.63) is 66.0 Å². The first-order valence-electron chi connectivity index (χ1n) is 9.58. The van der Waals surface area contributed by atoms with E-state index < -0.39 is 0 Å². The number of hydrogen-bond acceptors (Lipinski definition) is 3. The minimum Gasteiger partial charge on any atom is -0.350 e. The molecule has 0 fully saturated rings. The summed E-state index contributed by atoms with van der Waals surface area (Å²) in [4.78, 5) is 29.0. The Labute approximate surface area is 165 Å². The van der Waals surface area contributed by atoms with Gasteiger partial charge in [0.1, 0.15) is 6.04 Å². The summed E-state index contributed by atoms with van der Waals surface area (Å²) in [5, 5.41) is 5.90. The lowest BCUT2D eigenvalue weighted by Gasteiger charge is -2.15. The van der Waals surface area contributed by atoms with Crippen molar-refractivity contribution >= 4 is 22.8 Å². The molecule has 6 nitrogen and oxygen atoms in total. The van der Waals surface area contributed by atoms with Gasteiger partial charge in [0.05, 0.1) is 17.4 Å². The van der Waals surface area contributed by atoms with Gasteiger partial charge in [-0.25, -0.2) is 4.98 Å². The quantitative estimate of drug-likeness (QED) is 0.661. The van der Waals surface area contributed by atoms with E-state index in [0.29, 0.717) is 12.1 Å². The van der Waals surface area contributed by atoms with E-state index in [0.717, 1.165) is 23.0 Å². The molecule has 0 aliphatic carbocycles. The topological polar surface area (TPSA) is 76.0 Å². The maximum absolute atomic E-state index is 12.6. The maximum Gasteiger partial charge on any atom is 0.251 e. The SMILES string of the molecule is CC[C@H](C)NC(=O)c1ccc(CNC(=O)[C@H](C)n2cnc3ccccc32)cc1. The first-order valence-corrected chi connectivity index (χ1v) is 9.58. The van der Waals surface area contributed by atoms with Crippen LogP contribution in [0.5, 0.6) is 0 Å². The third kappa shape index (κ3) is 4.39. The highest BCUT2D eigenvalue weighted by molar-refractivity contribution is 5.94. The second kappa shape index (κ2) is 8.69. The zero-order valence-corrected chi connectivity index (χ0v) is 16.5. The van der Waals surface area contributed by atoms with Crippen LogP contribution in [-0.4, -0.2) is 27.4 Å². The number of benzene rings is 2. The third-order valence-corrected chi connectivity index (χ3v) is 4.95. The van der Waals surface area contributed by atoms with Crippen molar-refractivity contribution in [1.82, 2.24) is 20.2 Å². The third-order valence-electron chi connectivity index (χ3n) is 4.95. The van der Waals surface area contributed by atoms with E-state index in [4.69, 9.17) is 0 Å². The molecular weight excluding hydrogens is 352 g/mol. The van der Waals surface area contributed by atoms with E-state index in [-0.39, 0.29) is 23.9 Å². The Morgan fingerprint density at radius 3 is 2.50 bits per heavy atom. The van der Waals surface area contributed by atoms with E-state index >= 15 is 0 Å². The molecule has 0 aliphatic rings. The molecule has 1 aromatic heterocycles. The summed E-state index contributed by atoms with van der Waals surface area (Å²) >= 11 is 0. The lowest BCUT2D eigenvalue weighted by molar-refractivity contribution is -0.123. The molecule has 2 amide bonds. The van der Waals surface area contributed by atoms with E-state index in [1.165, 1.54) is 0 Å². The van der Waals surface area contributed by atoms with E-state index in [1.807, 2.05) is 61.7 Å². The molecule has 0 unspecified atom stereocenters. The van der Waals surface area contributed by atoms with E-state index in [1.54, 1.807) is 18.5 Å². The lowest BCUT2D eigenvalue weighted by atomic mass is 10.1. The Bertz CT molecular complexity index is 962. The summed E-state index contributed by atoms with van der Waals surface area (Å²) < 4.78 is 1.87. The molecule has 0 bridgehead atoms. The molecular formula is C22H26N4O2. The minimum absolute atomic E-state index is 0.0782. The van der Waals surface area contributed by atoms with Crippen molar-refractivity contribution in [2.24, 2.45) is 0 Å². The largest absolute Gasteiger partial charge is 0.350 e. The molecule has 6 heteroatoms. The standard InChI is InChI=1S/C22H26N4O2/c1-4-15(2)25-22(28)18-11-9-17(10-12-18)13-23-21(27)16(3)26-14-24-19-7-5-6-8-20(19)26/h5-12,14-16H,4,13H2,1-3H3,(H,23,27)(H,25,28)/t15-,16-/m0/s1. The number of carbonyl (C=O) groups excluding carboxylic acids is 2. The molecule has 0 radical (unpaired) electrons. The molecule has 0 saturated heterocycles. The summed E-state index contributed by atoms with van der Waals surface area (Å²) in [7, 11) is 0. The Kier molecular flexibility index (Phi) is 6.09. The van der Waals surface area contributed by atoms with Crippen LogP contribution in [0.25, 0.3) is 11.0 Å². The number of rotatable bonds is 7. The molecule has 2 aromatic carbocycles. The summed E-state index contributed by atoms with van der Waals surface area (Å²) in [5.41, 5.74) is 3.36. The van der Waals surface area contributed by atoms with Crippen LogP contribution in [0, 0.1) is 0 Å². The molecule has 3 rings (SSSR count). The van der Waals surface area contributed by atoms with Gasteiger partial charge >= 0.3 is 0 Å². The average Bonchev–Trinajstić information content (AvgIpc) is 3.15. The van der Waals surface area contributed by atoms with Crippen molar-refractivity contribution in [3.63, 3.8) is 0 Å². The van der Waals surface area contributed by atoms with Gasteiger partial charge in [-0.3, -0.25) is 9.59 Å². The summed E-state index contributed by atoms with van der Waals surface area (Å²) in [6.07, 6.45) is 2.58. The number of carbonyl (C=O) groups is 2. The zero-order valence-electron chi connectivity index (χ0n) is 16.5. The van der Waals surface area contributed by atoms with Gasteiger partial charge in [-0.2, -0.15) is 0 Å². The molecule has 3 aromatic rings. The van der Waals surface area contributed by atoms with Crippen LogP contribution in [-0.2, 0) is 11.3 Å². The molecule has 0 aliphatic heterocycles. The Hall–Kier alpha value is -3.15. The monoisotopic (exact) mass is 378 g/mol. The van der Waals surface area contributed by atoms with Gasteiger partial charge in [0.25, 0.3) is 5.91 Å². The number of fused-ring (bicyclic) bond motifs is 1. The first kappa shape index (κ1) is 19.6. The number of aromatic nitrogens is 2. The predicted molar refractivity (Wildman–Crippen MR) is 110 cm³/mol. The smallest absolute Gasteiger partial charge is 0.251 e. The molecule has 1 heterocycles. The van der Waals surface area contributed by atoms with Crippen molar-refractivity contribution < 1.29 is 9.59 Å². The highest BCUT2D eigenvalue weighted by Gasteiger charge is 2.17. The highest BCUT2D eigenvalue weighted by atomic mass is 16.2. The fraction of sp³-hybridized carbons (Fsp3) is 0.318. The summed E-state index contributed by atoms with van der Waals surface area (Å²) in [6, 6.07) is 14.8. The van der Waals surface area contributed by atoms with Gasteiger partial charge in [-0.15, -0.1) is 0 Å². The number of amides is 2. The number of para-hydroxylation sites is 2. The lowest BCUT2D eigenvalue weighted by Crippen LogP contribution is -2.32. The van der Waals surface area contributed by atoms with Gasteiger partial charge < -0.3 is 15.2 Å². The van der Waals surface area contributed by atoms with Crippen LogP contribution in [0.4, 0.5) is 0 Å². The molecule has 2 atom stereocenters. The van der Waals surface area contributed by atoms with Crippen LogP contribution in [0.15, 0.2) is 54.9 Å². The van der Waals surface area contributed by atoms with E-state index in [9.17, 15) is 9.59 Å². The average molecular weight is 378 g/mol. The first-order chi connectivity index (χ1) is 13.5. The number of nitrogens with one attached hydrogen (secondary N) is 2. The molecule has 0 saturated carbocycles. The maximum atomic E-state index is 12.6. The van der Waals surface area contributed by atoms with Crippen molar-refractivity contribution in [2.75, 3.05) is 0 Å². The molecule has 0 spiro atoms. The van der Waals surface area contributed by atoms with Crippen molar-refractivity contribution in [2.45, 2.75) is 45.8 Å². The predicted octanol–water partition coefficient (Wildman–Crippen LogP) is 3.44. The Morgan fingerprint density at radius 1 is 1.07 bits per heavy atom.